The average Bonchev–Trinajstić information content (AvgIpc) is 1.91. The highest BCUT2D eigenvalue weighted by atomic mass is 16.2. The first-order valence-corrected chi connectivity index (χ1v) is 3.56. The van der Waals surface area contributed by atoms with Gasteiger partial charge in [0.25, 0.3) is 0 Å². The highest BCUT2D eigenvalue weighted by molar-refractivity contribution is 5.78. The standard InChI is InChI=1S/C5H13N3.C2H6O.H3N/c1-6-5(7-2)8(3)4;1-2-3;/h1-4H3,(H,6,7);3H,2H2,1H3;1H3. The van der Waals surface area contributed by atoms with Gasteiger partial charge in [0.1, 0.15) is 0 Å². The fourth-order valence-electron chi connectivity index (χ4n) is 0.535. The molecular formula is C7H22N4O. The lowest BCUT2D eigenvalue weighted by Gasteiger charge is -2.12. The first-order valence-electron chi connectivity index (χ1n) is 3.56. The molecule has 0 radical (unpaired) electrons. The summed E-state index contributed by atoms with van der Waals surface area (Å²) in [5.41, 5.74) is 0. The molecule has 0 aromatic rings. The van der Waals surface area contributed by atoms with Gasteiger partial charge in [-0.1, -0.05) is 0 Å². The third-order valence-electron chi connectivity index (χ3n) is 0.859. The second kappa shape index (κ2) is 12.8. The number of aliphatic hydroxyl groups is 1. The molecule has 0 aromatic heterocycles. The number of guanidine groups is 1. The quantitative estimate of drug-likeness (QED) is 0.358. The van der Waals surface area contributed by atoms with Crippen molar-refractivity contribution in [2.45, 2.75) is 6.92 Å². The van der Waals surface area contributed by atoms with E-state index in [0.717, 1.165) is 5.96 Å². The summed E-state index contributed by atoms with van der Waals surface area (Å²) in [6.45, 7) is 1.93. The number of aliphatic hydroxyl groups excluding tert-OH is 1. The number of nitrogens with one attached hydrogen (secondary N) is 1. The molecule has 0 bridgehead atoms. The van der Waals surface area contributed by atoms with Crippen LogP contribution in [0.15, 0.2) is 4.99 Å². The normalized spacial score (nSPS) is 9.00. The molecule has 0 saturated carbocycles. The second-order valence-corrected chi connectivity index (χ2v) is 2.01. The van der Waals surface area contributed by atoms with Crippen LogP contribution < -0.4 is 11.5 Å². The molecule has 76 valence electrons. The Balaban J connectivity index is -0.000000177. The Morgan fingerprint density at radius 2 is 1.83 bits per heavy atom. The Morgan fingerprint density at radius 3 is 1.83 bits per heavy atom. The monoisotopic (exact) mass is 178 g/mol. The number of aliphatic imine (C=N–C) groups is 1. The van der Waals surface area contributed by atoms with Gasteiger partial charge >= 0.3 is 0 Å². The van der Waals surface area contributed by atoms with Gasteiger partial charge in [-0.25, -0.2) is 0 Å². The molecule has 12 heavy (non-hydrogen) atoms. The third-order valence-corrected chi connectivity index (χ3v) is 0.859. The minimum absolute atomic E-state index is 0. The Morgan fingerprint density at radius 1 is 1.50 bits per heavy atom. The molecule has 0 atom stereocenters. The van der Waals surface area contributed by atoms with Crippen LogP contribution in [0.25, 0.3) is 0 Å². The maximum Gasteiger partial charge on any atom is 0.192 e. The van der Waals surface area contributed by atoms with Crippen LogP contribution in [0.4, 0.5) is 0 Å². The molecule has 0 rings (SSSR count). The van der Waals surface area contributed by atoms with Gasteiger partial charge in [-0.15, -0.1) is 0 Å². The third kappa shape index (κ3) is 11.9. The van der Waals surface area contributed by atoms with E-state index in [1.807, 2.05) is 26.0 Å². The van der Waals surface area contributed by atoms with E-state index in [1.165, 1.54) is 0 Å². The van der Waals surface area contributed by atoms with Crippen LogP contribution in [0.3, 0.4) is 0 Å². The van der Waals surface area contributed by atoms with Crippen molar-refractivity contribution < 1.29 is 5.11 Å². The van der Waals surface area contributed by atoms with Crippen molar-refractivity contribution in [2.75, 3.05) is 34.8 Å². The van der Waals surface area contributed by atoms with E-state index in [-0.39, 0.29) is 12.8 Å². The van der Waals surface area contributed by atoms with Gasteiger partial charge < -0.3 is 21.5 Å². The predicted octanol–water partition coefficient (Wildman–Crippen LogP) is -0.0862. The first kappa shape index (κ1) is 17.3. The highest BCUT2D eigenvalue weighted by Gasteiger charge is 1.91. The summed E-state index contributed by atoms with van der Waals surface area (Å²) in [7, 11) is 7.49. The molecule has 0 fully saturated rings. The van der Waals surface area contributed by atoms with Crippen molar-refractivity contribution in [1.29, 1.82) is 0 Å². The molecule has 0 aromatic carbocycles. The Bertz CT molecular complexity index is 104. The molecule has 5 heteroatoms. The van der Waals surface area contributed by atoms with Crippen LogP contribution in [-0.2, 0) is 0 Å². The van der Waals surface area contributed by atoms with Crippen molar-refractivity contribution in [2.24, 2.45) is 4.99 Å². The van der Waals surface area contributed by atoms with E-state index in [1.54, 1.807) is 14.0 Å². The van der Waals surface area contributed by atoms with E-state index in [0.29, 0.717) is 0 Å². The number of hydrogen-bond acceptors (Lipinski definition) is 3. The molecule has 0 unspecified atom stereocenters. The lowest BCUT2D eigenvalue weighted by Crippen LogP contribution is -2.33. The summed E-state index contributed by atoms with van der Waals surface area (Å²) in [5, 5.41) is 10.5. The average molecular weight is 178 g/mol. The highest BCUT2D eigenvalue weighted by Crippen LogP contribution is 1.73. The zero-order valence-electron chi connectivity index (χ0n) is 8.76. The van der Waals surface area contributed by atoms with E-state index in [9.17, 15) is 0 Å². The van der Waals surface area contributed by atoms with Gasteiger partial charge in [-0.2, -0.15) is 0 Å². The molecule has 0 aliphatic rings. The lowest BCUT2D eigenvalue weighted by molar-refractivity contribution is 0.318. The molecule has 0 spiro atoms. The number of nitrogens with zero attached hydrogens (tertiary/aromatic N) is 2. The fraction of sp³-hybridized carbons (Fsp3) is 0.857. The van der Waals surface area contributed by atoms with Crippen LogP contribution in [0.5, 0.6) is 0 Å². The van der Waals surface area contributed by atoms with Gasteiger partial charge in [0.05, 0.1) is 0 Å². The fourth-order valence-corrected chi connectivity index (χ4v) is 0.535. The van der Waals surface area contributed by atoms with Crippen LogP contribution >= 0.6 is 0 Å². The molecule has 5 N–H and O–H groups in total. The smallest absolute Gasteiger partial charge is 0.192 e. The van der Waals surface area contributed by atoms with E-state index in [4.69, 9.17) is 5.11 Å². The molecular weight excluding hydrogens is 156 g/mol. The topological polar surface area (TPSA) is 82.9 Å². The summed E-state index contributed by atoms with van der Waals surface area (Å²) < 4.78 is 0. The Hall–Kier alpha value is -0.810. The second-order valence-electron chi connectivity index (χ2n) is 2.01. The largest absolute Gasteiger partial charge is 0.397 e. The molecule has 0 aliphatic carbocycles. The van der Waals surface area contributed by atoms with Crippen molar-refractivity contribution in [3.05, 3.63) is 0 Å². The van der Waals surface area contributed by atoms with Crippen LogP contribution in [0.2, 0.25) is 0 Å². The summed E-state index contributed by atoms with van der Waals surface area (Å²) in [6, 6.07) is 0. The predicted molar refractivity (Wildman–Crippen MR) is 53.9 cm³/mol. The van der Waals surface area contributed by atoms with Crippen molar-refractivity contribution in [1.82, 2.24) is 16.4 Å². The van der Waals surface area contributed by atoms with Crippen LogP contribution in [0, 0.1) is 0 Å². The van der Waals surface area contributed by atoms with E-state index >= 15 is 0 Å². The minimum Gasteiger partial charge on any atom is -0.397 e. The SMILES string of the molecule is CCO.CN=C(NC)N(C)C.N. The van der Waals surface area contributed by atoms with Crippen LogP contribution in [0.1, 0.15) is 6.92 Å². The van der Waals surface area contributed by atoms with Crippen molar-refractivity contribution in [3.63, 3.8) is 0 Å². The van der Waals surface area contributed by atoms with Crippen molar-refractivity contribution >= 4 is 5.96 Å². The van der Waals surface area contributed by atoms with E-state index < -0.39 is 0 Å². The molecule has 0 aliphatic heterocycles. The zero-order valence-corrected chi connectivity index (χ0v) is 8.76. The van der Waals surface area contributed by atoms with E-state index in [2.05, 4.69) is 10.3 Å². The first-order chi connectivity index (χ1) is 5.13. The summed E-state index contributed by atoms with van der Waals surface area (Å²) in [4.78, 5) is 5.85. The maximum absolute atomic E-state index is 7.57. The molecule has 0 saturated heterocycles. The van der Waals surface area contributed by atoms with Gasteiger partial charge in [-0.05, 0) is 6.92 Å². The van der Waals surface area contributed by atoms with Gasteiger partial charge in [0, 0.05) is 34.8 Å². The zero-order chi connectivity index (χ0) is 9.28. The summed E-state index contributed by atoms with van der Waals surface area (Å²) in [6.07, 6.45) is 0. The van der Waals surface area contributed by atoms with Crippen LogP contribution in [-0.4, -0.2) is 50.8 Å². The Labute approximate surface area is 75.1 Å². The lowest BCUT2D eigenvalue weighted by atomic mass is 10.8. The summed E-state index contributed by atoms with van der Waals surface area (Å²) in [5.74, 6) is 0.894. The van der Waals surface area contributed by atoms with Crippen molar-refractivity contribution in [3.8, 4) is 0 Å². The van der Waals surface area contributed by atoms with Gasteiger partial charge in [-0.3, -0.25) is 4.99 Å². The minimum atomic E-state index is 0. The molecule has 0 amide bonds. The number of rotatable bonds is 0. The number of hydrogen-bond donors (Lipinski definition) is 3. The molecule has 5 nitrogen and oxygen atoms in total. The summed E-state index contributed by atoms with van der Waals surface area (Å²) >= 11 is 0. The van der Waals surface area contributed by atoms with Gasteiger partial charge in [0.15, 0.2) is 5.96 Å². The Kier molecular flexibility index (Phi) is 18.5. The van der Waals surface area contributed by atoms with Gasteiger partial charge in [0.2, 0.25) is 0 Å². The maximum atomic E-state index is 7.57. The molecule has 0 heterocycles.